The first-order valence-corrected chi connectivity index (χ1v) is 9.86. The molecule has 1 heterocycles. The van der Waals surface area contributed by atoms with Gasteiger partial charge in [0.05, 0.1) is 14.2 Å². The van der Waals surface area contributed by atoms with E-state index in [4.69, 9.17) is 18.8 Å². The summed E-state index contributed by atoms with van der Waals surface area (Å²) < 4.78 is 21.2. The number of anilines is 1. The first-order valence-electron chi connectivity index (χ1n) is 9.86. The normalized spacial score (nSPS) is 12.2. The van der Waals surface area contributed by atoms with Crippen LogP contribution < -0.4 is 19.5 Å². The van der Waals surface area contributed by atoms with Crippen LogP contribution in [-0.2, 0) is 10.2 Å². The second kappa shape index (κ2) is 9.07. The van der Waals surface area contributed by atoms with Gasteiger partial charge in [0.2, 0.25) is 5.82 Å². The van der Waals surface area contributed by atoms with Crippen LogP contribution in [-0.4, -0.2) is 36.5 Å². The van der Waals surface area contributed by atoms with Crippen molar-refractivity contribution >= 4 is 11.7 Å². The minimum atomic E-state index is -0.754. The number of hydrogen-bond acceptors (Lipinski definition) is 7. The van der Waals surface area contributed by atoms with E-state index in [0.29, 0.717) is 28.5 Å². The number of ether oxygens (including phenoxy) is 3. The van der Waals surface area contributed by atoms with Gasteiger partial charge in [0.15, 0.2) is 23.3 Å². The maximum Gasteiger partial charge on any atom is 0.266 e. The summed E-state index contributed by atoms with van der Waals surface area (Å²) in [6, 6.07) is 12.9. The summed E-state index contributed by atoms with van der Waals surface area (Å²) in [6.07, 6.45) is -0.754. The van der Waals surface area contributed by atoms with Crippen LogP contribution in [0.1, 0.15) is 33.3 Å². The number of nitrogens with one attached hydrogen (secondary N) is 1. The molecule has 0 aliphatic heterocycles. The molecule has 3 rings (SSSR count). The Labute approximate surface area is 181 Å². The molecule has 0 radical (unpaired) electrons. The number of rotatable bonds is 7. The van der Waals surface area contributed by atoms with Crippen LogP contribution >= 0.6 is 0 Å². The van der Waals surface area contributed by atoms with Gasteiger partial charge in [-0.15, -0.1) is 0 Å². The molecule has 1 N–H and O–H groups in total. The fourth-order valence-electron chi connectivity index (χ4n) is 2.95. The topological polar surface area (TPSA) is 95.7 Å². The van der Waals surface area contributed by atoms with Crippen molar-refractivity contribution in [2.75, 3.05) is 19.5 Å². The minimum Gasteiger partial charge on any atom is -0.493 e. The number of carbonyl (C=O) groups is 1. The van der Waals surface area contributed by atoms with Gasteiger partial charge in [-0.05, 0) is 58.5 Å². The van der Waals surface area contributed by atoms with E-state index in [1.165, 1.54) is 5.56 Å². The van der Waals surface area contributed by atoms with E-state index in [-0.39, 0.29) is 17.1 Å². The number of methoxy groups -OCH3 is 2. The lowest BCUT2D eigenvalue weighted by Gasteiger charge is -2.20. The van der Waals surface area contributed by atoms with Crippen molar-refractivity contribution in [3.05, 3.63) is 48.0 Å². The van der Waals surface area contributed by atoms with E-state index in [2.05, 4.69) is 36.4 Å². The zero-order valence-corrected chi connectivity index (χ0v) is 18.6. The fraction of sp³-hybridized carbons (Fsp3) is 0.348. The van der Waals surface area contributed by atoms with E-state index >= 15 is 0 Å². The first-order chi connectivity index (χ1) is 14.7. The SMILES string of the molecule is COc1ccc(-c2nonc2NC(=O)[C@H](C)Oc2ccc(C(C)(C)C)cc2)cc1OC. The Morgan fingerprint density at radius 3 is 2.29 bits per heavy atom. The van der Waals surface area contributed by atoms with Crippen molar-refractivity contribution in [3.63, 3.8) is 0 Å². The highest BCUT2D eigenvalue weighted by molar-refractivity contribution is 5.96. The van der Waals surface area contributed by atoms with E-state index in [9.17, 15) is 4.79 Å². The first kappa shape index (κ1) is 22.1. The molecule has 1 atom stereocenters. The zero-order valence-electron chi connectivity index (χ0n) is 18.6. The second-order valence-corrected chi connectivity index (χ2v) is 8.05. The van der Waals surface area contributed by atoms with Crippen LogP contribution in [0.4, 0.5) is 5.82 Å². The molecule has 1 amide bonds. The standard InChI is InChI=1S/C23H27N3O5/c1-14(30-17-10-8-16(9-11-17)23(2,3)4)22(27)24-21-20(25-31-26-21)15-7-12-18(28-5)19(13-15)29-6/h7-14H,1-6H3,(H,24,26,27)/t14-/m0/s1. The Kier molecular flexibility index (Phi) is 6.48. The van der Waals surface area contributed by atoms with Gasteiger partial charge in [-0.3, -0.25) is 4.79 Å². The third-order valence-corrected chi connectivity index (χ3v) is 4.79. The van der Waals surface area contributed by atoms with Gasteiger partial charge in [-0.1, -0.05) is 32.9 Å². The Hall–Kier alpha value is -3.55. The molecular weight excluding hydrogens is 398 g/mol. The van der Waals surface area contributed by atoms with Crippen LogP contribution in [0.2, 0.25) is 0 Å². The highest BCUT2D eigenvalue weighted by Gasteiger charge is 2.21. The Morgan fingerprint density at radius 1 is 1.00 bits per heavy atom. The van der Waals surface area contributed by atoms with Crippen LogP contribution in [0, 0.1) is 0 Å². The van der Waals surface area contributed by atoms with E-state index in [1.807, 2.05) is 24.3 Å². The highest BCUT2D eigenvalue weighted by Crippen LogP contribution is 2.34. The summed E-state index contributed by atoms with van der Waals surface area (Å²) in [5.41, 5.74) is 2.25. The lowest BCUT2D eigenvalue weighted by atomic mass is 9.87. The maximum absolute atomic E-state index is 12.7. The zero-order chi connectivity index (χ0) is 22.6. The van der Waals surface area contributed by atoms with Gasteiger partial charge in [-0.25, -0.2) is 4.63 Å². The minimum absolute atomic E-state index is 0.0437. The molecule has 31 heavy (non-hydrogen) atoms. The number of nitrogens with zero attached hydrogens (tertiary/aromatic N) is 2. The van der Waals surface area contributed by atoms with Crippen molar-refractivity contribution in [3.8, 4) is 28.5 Å². The van der Waals surface area contributed by atoms with Crippen molar-refractivity contribution in [1.82, 2.24) is 10.3 Å². The molecule has 164 valence electrons. The number of carbonyl (C=O) groups excluding carboxylic acids is 1. The molecule has 0 fully saturated rings. The molecule has 8 nitrogen and oxygen atoms in total. The van der Waals surface area contributed by atoms with Crippen molar-refractivity contribution in [2.24, 2.45) is 0 Å². The van der Waals surface area contributed by atoms with Crippen LogP contribution in [0.5, 0.6) is 17.2 Å². The van der Waals surface area contributed by atoms with Gasteiger partial charge in [0, 0.05) is 5.56 Å². The Morgan fingerprint density at radius 2 is 1.68 bits per heavy atom. The molecule has 0 bridgehead atoms. The lowest BCUT2D eigenvalue weighted by molar-refractivity contribution is -0.122. The third-order valence-electron chi connectivity index (χ3n) is 4.79. The Balaban J connectivity index is 1.71. The number of benzene rings is 2. The average Bonchev–Trinajstić information content (AvgIpc) is 3.20. The molecule has 3 aromatic rings. The summed E-state index contributed by atoms with van der Waals surface area (Å²) in [6.45, 7) is 8.08. The average molecular weight is 425 g/mol. The fourth-order valence-corrected chi connectivity index (χ4v) is 2.95. The van der Waals surface area contributed by atoms with Crippen LogP contribution in [0.15, 0.2) is 47.1 Å². The molecule has 0 aliphatic rings. The maximum atomic E-state index is 12.7. The highest BCUT2D eigenvalue weighted by atomic mass is 16.6. The lowest BCUT2D eigenvalue weighted by Crippen LogP contribution is -2.30. The van der Waals surface area contributed by atoms with E-state index in [0.717, 1.165) is 0 Å². The second-order valence-electron chi connectivity index (χ2n) is 8.05. The summed E-state index contributed by atoms with van der Waals surface area (Å²) in [4.78, 5) is 12.7. The molecule has 0 unspecified atom stereocenters. The summed E-state index contributed by atoms with van der Waals surface area (Å²) in [5, 5.41) is 10.4. The van der Waals surface area contributed by atoms with Crippen molar-refractivity contribution in [2.45, 2.75) is 39.2 Å². The number of amides is 1. The monoisotopic (exact) mass is 425 g/mol. The smallest absolute Gasteiger partial charge is 0.266 e. The quantitative estimate of drug-likeness (QED) is 0.597. The van der Waals surface area contributed by atoms with Gasteiger partial charge < -0.3 is 19.5 Å². The van der Waals surface area contributed by atoms with Gasteiger partial charge in [-0.2, -0.15) is 0 Å². The molecule has 2 aromatic carbocycles. The molecule has 0 saturated heterocycles. The largest absolute Gasteiger partial charge is 0.493 e. The van der Waals surface area contributed by atoms with Crippen LogP contribution in [0.25, 0.3) is 11.3 Å². The summed E-state index contributed by atoms with van der Waals surface area (Å²) in [5.74, 6) is 1.52. The summed E-state index contributed by atoms with van der Waals surface area (Å²) in [7, 11) is 3.09. The molecule has 0 aliphatic carbocycles. The molecule has 0 spiro atoms. The van der Waals surface area contributed by atoms with E-state index < -0.39 is 6.10 Å². The molecule has 0 saturated carbocycles. The molecule has 8 heteroatoms. The van der Waals surface area contributed by atoms with Crippen molar-refractivity contribution < 1.29 is 23.6 Å². The van der Waals surface area contributed by atoms with Crippen molar-refractivity contribution in [1.29, 1.82) is 0 Å². The predicted octanol–water partition coefficient (Wildman–Crippen LogP) is 4.46. The Bertz CT molecular complexity index is 1040. The predicted molar refractivity (Wildman–Crippen MR) is 117 cm³/mol. The van der Waals surface area contributed by atoms with Gasteiger partial charge in [0.1, 0.15) is 5.75 Å². The molecule has 1 aromatic heterocycles. The molecular formula is C23H27N3O5. The van der Waals surface area contributed by atoms with Gasteiger partial charge in [0.25, 0.3) is 5.91 Å². The summed E-state index contributed by atoms with van der Waals surface area (Å²) >= 11 is 0. The number of aromatic nitrogens is 2. The van der Waals surface area contributed by atoms with Crippen LogP contribution in [0.3, 0.4) is 0 Å². The van der Waals surface area contributed by atoms with Gasteiger partial charge >= 0.3 is 0 Å². The van der Waals surface area contributed by atoms with E-state index in [1.54, 1.807) is 39.3 Å². The number of hydrogen-bond donors (Lipinski definition) is 1. The third kappa shape index (κ3) is 5.14.